The molecule has 0 aliphatic heterocycles. The maximum Gasteiger partial charge on any atom is 0.323 e. The number of carbonyl (C=O) groups excluding carboxylic acids is 2. The van der Waals surface area contributed by atoms with Crippen LogP contribution in [-0.2, 0) is 19.1 Å². The standard InChI is InChI=1S/C15H28O4/c1-9-13(3,4)18-11(16)15(7,8)12(17)19-14(5,6)10-2/h9-10H2,1-8H3. The molecule has 0 saturated carbocycles. The van der Waals surface area contributed by atoms with Crippen LogP contribution in [0.4, 0.5) is 0 Å². The molecule has 0 spiro atoms. The molecule has 112 valence electrons. The molecule has 19 heavy (non-hydrogen) atoms. The highest BCUT2D eigenvalue weighted by atomic mass is 16.6. The molecule has 0 bridgehead atoms. The van der Waals surface area contributed by atoms with Crippen LogP contribution in [0, 0.1) is 5.41 Å². The largest absolute Gasteiger partial charge is 0.459 e. The molecule has 0 aromatic carbocycles. The molecule has 0 radical (unpaired) electrons. The van der Waals surface area contributed by atoms with Gasteiger partial charge in [0.2, 0.25) is 0 Å². The minimum atomic E-state index is -1.29. The van der Waals surface area contributed by atoms with Gasteiger partial charge >= 0.3 is 11.9 Å². The Hall–Kier alpha value is -1.06. The minimum Gasteiger partial charge on any atom is -0.459 e. The van der Waals surface area contributed by atoms with Crippen LogP contribution < -0.4 is 0 Å². The van der Waals surface area contributed by atoms with E-state index in [2.05, 4.69) is 0 Å². The Bertz CT molecular complexity index is 308. The summed E-state index contributed by atoms with van der Waals surface area (Å²) in [5, 5.41) is 0. The predicted octanol–water partition coefficient (Wildman–Crippen LogP) is 3.48. The molecule has 0 unspecified atom stereocenters. The summed E-state index contributed by atoms with van der Waals surface area (Å²) in [4.78, 5) is 24.3. The molecule has 0 atom stereocenters. The smallest absolute Gasteiger partial charge is 0.323 e. The summed E-state index contributed by atoms with van der Waals surface area (Å²) in [5.41, 5.74) is -2.44. The van der Waals surface area contributed by atoms with E-state index in [1.54, 1.807) is 0 Å². The maximum absolute atomic E-state index is 12.1. The van der Waals surface area contributed by atoms with Crippen molar-refractivity contribution in [3.63, 3.8) is 0 Å². The van der Waals surface area contributed by atoms with Crippen molar-refractivity contribution in [2.75, 3.05) is 0 Å². The number of rotatable bonds is 6. The van der Waals surface area contributed by atoms with Gasteiger partial charge in [0.15, 0.2) is 5.41 Å². The summed E-state index contributed by atoms with van der Waals surface area (Å²) in [5.74, 6) is -1.09. The molecule has 0 saturated heterocycles. The van der Waals surface area contributed by atoms with Gasteiger partial charge in [0.1, 0.15) is 11.2 Å². The van der Waals surface area contributed by atoms with Crippen molar-refractivity contribution in [1.29, 1.82) is 0 Å². The molecule has 0 aromatic heterocycles. The average molecular weight is 272 g/mol. The molecule has 0 N–H and O–H groups in total. The van der Waals surface area contributed by atoms with Crippen molar-refractivity contribution < 1.29 is 19.1 Å². The third-order valence-corrected chi connectivity index (χ3v) is 3.46. The van der Waals surface area contributed by atoms with E-state index in [0.29, 0.717) is 12.8 Å². The summed E-state index contributed by atoms with van der Waals surface area (Å²) in [6.45, 7) is 14.2. The lowest BCUT2D eigenvalue weighted by Gasteiger charge is -2.32. The van der Waals surface area contributed by atoms with E-state index < -0.39 is 28.6 Å². The van der Waals surface area contributed by atoms with Gasteiger partial charge in [-0.05, 0) is 54.4 Å². The van der Waals surface area contributed by atoms with E-state index in [1.807, 2.05) is 41.5 Å². The monoisotopic (exact) mass is 272 g/mol. The summed E-state index contributed by atoms with van der Waals surface area (Å²) >= 11 is 0. The highest BCUT2D eigenvalue weighted by Gasteiger charge is 2.43. The van der Waals surface area contributed by atoms with Crippen molar-refractivity contribution in [2.24, 2.45) is 5.41 Å². The minimum absolute atomic E-state index is 0.545. The number of ether oxygens (including phenoxy) is 2. The van der Waals surface area contributed by atoms with Crippen molar-refractivity contribution in [1.82, 2.24) is 0 Å². The molecule has 0 amide bonds. The third-order valence-electron chi connectivity index (χ3n) is 3.46. The zero-order chi connectivity index (χ0) is 15.5. The third kappa shape index (κ3) is 5.21. The molecule has 0 aliphatic carbocycles. The molecule has 0 heterocycles. The SMILES string of the molecule is CCC(C)(C)OC(=O)C(C)(C)C(=O)OC(C)(C)CC. The maximum atomic E-state index is 12.1. The van der Waals surface area contributed by atoms with Gasteiger partial charge in [-0.3, -0.25) is 9.59 Å². The predicted molar refractivity (Wildman–Crippen MR) is 74.7 cm³/mol. The first kappa shape index (κ1) is 17.9. The second-order valence-electron chi connectivity index (χ2n) is 6.63. The van der Waals surface area contributed by atoms with Gasteiger partial charge in [0, 0.05) is 0 Å². The molecule has 4 nitrogen and oxygen atoms in total. The topological polar surface area (TPSA) is 52.6 Å². The molecule has 0 fully saturated rings. The summed E-state index contributed by atoms with van der Waals surface area (Å²) in [7, 11) is 0. The van der Waals surface area contributed by atoms with Crippen LogP contribution in [0.3, 0.4) is 0 Å². The molecule has 0 aromatic rings. The Morgan fingerprint density at radius 3 is 1.21 bits per heavy atom. The van der Waals surface area contributed by atoms with Gasteiger partial charge in [0.05, 0.1) is 0 Å². The van der Waals surface area contributed by atoms with Crippen LogP contribution in [0.5, 0.6) is 0 Å². The number of esters is 2. The molecule has 4 heteroatoms. The Morgan fingerprint density at radius 1 is 0.737 bits per heavy atom. The fraction of sp³-hybridized carbons (Fsp3) is 0.867. The fourth-order valence-electron chi connectivity index (χ4n) is 0.985. The summed E-state index contributed by atoms with van der Waals surface area (Å²) in [6.07, 6.45) is 1.37. The number of hydrogen-bond donors (Lipinski definition) is 0. The Labute approximate surface area is 116 Å². The zero-order valence-corrected chi connectivity index (χ0v) is 13.5. The van der Waals surface area contributed by atoms with Crippen molar-refractivity contribution in [3.8, 4) is 0 Å². The molecule has 0 aliphatic rings. The van der Waals surface area contributed by atoms with E-state index in [4.69, 9.17) is 9.47 Å². The Kier molecular flexibility index (Phi) is 5.60. The van der Waals surface area contributed by atoms with Crippen LogP contribution in [0.25, 0.3) is 0 Å². The van der Waals surface area contributed by atoms with E-state index in [0.717, 1.165) is 0 Å². The molecule has 0 rings (SSSR count). The quantitative estimate of drug-likeness (QED) is 0.548. The fourth-order valence-corrected chi connectivity index (χ4v) is 0.985. The molecular weight excluding hydrogens is 244 g/mol. The highest BCUT2D eigenvalue weighted by molar-refractivity contribution is 5.99. The zero-order valence-electron chi connectivity index (χ0n) is 13.5. The molecular formula is C15H28O4. The van der Waals surface area contributed by atoms with Crippen LogP contribution >= 0.6 is 0 Å². The van der Waals surface area contributed by atoms with Gasteiger partial charge in [-0.15, -0.1) is 0 Å². The van der Waals surface area contributed by atoms with E-state index in [1.165, 1.54) is 13.8 Å². The van der Waals surface area contributed by atoms with Gasteiger partial charge in [-0.1, -0.05) is 13.8 Å². The highest BCUT2D eigenvalue weighted by Crippen LogP contribution is 2.27. The van der Waals surface area contributed by atoms with Gasteiger partial charge < -0.3 is 9.47 Å². The Balaban J connectivity index is 4.87. The number of hydrogen-bond acceptors (Lipinski definition) is 4. The van der Waals surface area contributed by atoms with E-state index in [9.17, 15) is 9.59 Å². The van der Waals surface area contributed by atoms with Crippen LogP contribution in [0.1, 0.15) is 68.2 Å². The number of carbonyl (C=O) groups is 2. The van der Waals surface area contributed by atoms with Crippen molar-refractivity contribution in [2.45, 2.75) is 79.4 Å². The van der Waals surface area contributed by atoms with Crippen LogP contribution in [0.2, 0.25) is 0 Å². The second kappa shape index (κ2) is 5.93. The first-order valence-corrected chi connectivity index (χ1v) is 6.85. The first-order chi connectivity index (χ1) is 8.38. The van der Waals surface area contributed by atoms with Crippen molar-refractivity contribution >= 4 is 11.9 Å². The lowest BCUT2D eigenvalue weighted by Crippen LogP contribution is -2.43. The van der Waals surface area contributed by atoms with E-state index >= 15 is 0 Å². The van der Waals surface area contributed by atoms with Gasteiger partial charge in [0.25, 0.3) is 0 Å². The average Bonchev–Trinajstić information content (AvgIpc) is 2.27. The van der Waals surface area contributed by atoms with Gasteiger partial charge in [-0.2, -0.15) is 0 Å². The van der Waals surface area contributed by atoms with Gasteiger partial charge in [-0.25, -0.2) is 0 Å². The van der Waals surface area contributed by atoms with E-state index in [-0.39, 0.29) is 0 Å². The lowest BCUT2D eigenvalue weighted by molar-refractivity contribution is -0.184. The summed E-state index contributed by atoms with van der Waals surface area (Å²) < 4.78 is 10.8. The van der Waals surface area contributed by atoms with Crippen LogP contribution in [-0.4, -0.2) is 23.1 Å². The van der Waals surface area contributed by atoms with Crippen molar-refractivity contribution in [3.05, 3.63) is 0 Å². The second-order valence-corrected chi connectivity index (χ2v) is 6.63. The van der Waals surface area contributed by atoms with Crippen LogP contribution in [0.15, 0.2) is 0 Å². The first-order valence-electron chi connectivity index (χ1n) is 6.85. The normalized spacial score (nSPS) is 13.1. The summed E-state index contributed by atoms with van der Waals surface area (Å²) in [6, 6.07) is 0. The Morgan fingerprint density at radius 2 is 1.00 bits per heavy atom. The lowest BCUT2D eigenvalue weighted by atomic mass is 9.92.